The summed E-state index contributed by atoms with van der Waals surface area (Å²) in [6, 6.07) is 4.61. The van der Waals surface area contributed by atoms with Crippen LogP contribution in [0.5, 0.6) is 11.5 Å². The number of ether oxygens (including phenoxy) is 3. The van der Waals surface area contributed by atoms with Crippen LogP contribution in [-0.4, -0.2) is 62.6 Å². The van der Waals surface area contributed by atoms with Crippen LogP contribution >= 0.6 is 0 Å². The van der Waals surface area contributed by atoms with Gasteiger partial charge < -0.3 is 19.1 Å². The number of carbonyl (C=O) groups is 1. The topological polar surface area (TPSA) is 86.5 Å². The van der Waals surface area contributed by atoms with Gasteiger partial charge in [-0.25, -0.2) is 5.90 Å². The van der Waals surface area contributed by atoms with Gasteiger partial charge in [0, 0.05) is 30.0 Å². The lowest BCUT2D eigenvalue weighted by Crippen LogP contribution is -2.69. The molecular formula is C23H27N3O5. The molecule has 2 bridgehead atoms. The van der Waals surface area contributed by atoms with Crippen molar-refractivity contribution in [3.8, 4) is 11.5 Å². The molecule has 3 saturated heterocycles. The number of piperidine rings is 2. The molecule has 8 heteroatoms. The van der Waals surface area contributed by atoms with Gasteiger partial charge in [0.15, 0.2) is 11.5 Å². The normalized spacial score (nSPS) is 39.2. The predicted molar refractivity (Wildman–Crippen MR) is 111 cm³/mol. The Kier molecular flexibility index (Phi) is 3.70. The van der Waals surface area contributed by atoms with Crippen molar-refractivity contribution in [2.75, 3.05) is 38.5 Å². The third kappa shape index (κ3) is 2.12. The fourth-order valence-corrected chi connectivity index (χ4v) is 7.92. The van der Waals surface area contributed by atoms with Gasteiger partial charge >= 0.3 is 0 Å². The van der Waals surface area contributed by atoms with Gasteiger partial charge in [-0.05, 0) is 36.9 Å². The number of rotatable bonds is 4. The molecule has 1 amide bonds. The summed E-state index contributed by atoms with van der Waals surface area (Å²) in [6.07, 6.45) is 4.92. The van der Waals surface area contributed by atoms with Crippen LogP contribution in [0, 0.1) is 11.8 Å². The van der Waals surface area contributed by atoms with Crippen molar-refractivity contribution < 1.29 is 23.8 Å². The molecule has 0 radical (unpaired) electrons. The smallest absolute Gasteiger partial charge is 0.229 e. The van der Waals surface area contributed by atoms with E-state index in [1.54, 1.807) is 7.11 Å². The Labute approximate surface area is 180 Å². The number of benzene rings is 1. The van der Waals surface area contributed by atoms with Gasteiger partial charge in [-0.1, -0.05) is 11.6 Å². The monoisotopic (exact) mass is 425 g/mol. The molecule has 1 aromatic rings. The first-order valence-electron chi connectivity index (χ1n) is 11.2. The number of fused-ring (bicyclic) bond motifs is 2. The molecule has 4 fully saturated rings. The van der Waals surface area contributed by atoms with E-state index in [0.717, 1.165) is 31.6 Å². The quantitative estimate of drug-likeness (QED) is 0.442. The molecular weight excluding hydrogens is 398 g/mol. The van der Waals surface area contributed by atoms with E-state index in [0.29, 0.717) is 42.4 Å². The molecule has 5 heterocycles. The lowest BCUT2D eigenvalue weighted by atomic mass is 9.53. The molecule has 8 nitrogen and oxygen atoms in total. The third-order valence-electron chi connectivity index (χ3n) is 8.88. The van der Waals surface area contributed by atoms with Gasteiger partial charge in [0.25, 0.3) is 0 Å². The average molecular weight is 425 g/mol. The Hall–Kier alpha value is -2.13. The average Bonchev–Trinajstić information content (AvgIpc) is 3.24. The molecule has 1 aliphatic carbocycles. The number of anilines is 1. The SMILES string of the molecule is COc1cc2c(cc1OCON)C13CCN4CC5=CCOC6CC(=O)N2C1C6C5CC43. The van der Waals surface area contributed by atoms with E-state index in [9.17, 15) is 4.79 Å². The second-order valence-corrected chi connectivity index (χ2v) is 9.71. The minimum Gasteiger partial charge on any atom is -0.493 e. The summed E-state index contributed by atoms with van der Waals surface area (Å²) in [7, 11) is 1.62. The van der Waals surface area contributed by atoms with Crippen molar-refractivity contribution in [1.29, 1.82) is 0 Å². The van der Waals surface area contributed by atoms with Gasteiger partial charge in [0.2, 0.25) is 12.7 Å². The number of hydrogen-bond donors (Lipinski definition) is 1. The van der Waals surface area contributed by atoms with E-state index in [4.69, 9.17) is 20.1 Å². The minimum absolute atomic E-state index is 0.00459. The van der Waals surface area contributed by atoms with E-state index < -0.39 is 0 Å². The largest absolute Gasteiger partial charge is 0.493 e. The second kappa shape index (κ2) is 6.22. The number of amides is 1. The van der Waals surface area contributed by atoms with Crippen molar-refractivity contribution in [3.05, 3.63) is 29.3 Å². The van der Waals surface area contributed by atoms with E-state index in [1.165, 1.54) is 11.1 Å². The van der Waals surface area contributed by atoms with Gasteiger partial charge in [-0.3, -0.25) is 14.5 Å². The van der Waals surface area contributed by atoms with Gasteiger partial charge in [-0.2, -0.15) is 0 Å². The van der Waals surface area contributed by atoms with Crippen LogP contribution in [-0.2, 0) is 19.8 Å². The van der Waals surface area contributed by atoms with Crippen LogP contribution in [0.4, 0.5) is 5.69 Å². The van der Waals surface area contributed by atoms with E-state index in [1.807, 2.05) is 6.07 Å². The Morgan fingerprint density at radius 3 is 3.06 bits per heavy atom. The van der Waals surface area contributed by atoms with Crippen LogP contribution in [0.15, 0.2) is 23.8 Å². The summed E-state index contributed by atoms with van der Waals surface area (Å²) in [6.45, 7) is 2.65. The highest BCUT2D eigenvalue weighted by molar-refractivity contribution is 5.99. The minimum atomic E-state index is -0.0992. The van der Waals surface area contributed by atoms with Crippen LogP contribution in [0.3, 0.4) is 0 Å². The molecule has 5 aliphatic heterocycles. The molecule has 0 aromatic heterocycles. The van der Waals surface area contributed by atoms with Gasteiger partial charge in [0.1, 0.15) is 0 Å². The van der Waals surface area contributed by atoms with E-state index >= 15 is 0 Å². The number of nitrogens with zero attached hydrogens (tertiary/aromatic N) is 2. The molecule has 6 unspecified atom stereocenters. The first-order chi connectivity index (χ1) is 15.2. The molecule has 2 N–H and O–H groups in total. The first kappa shape index (κ1) is 18.4. The van der Waals surface area contributed by atoms with E-state index in [-0.39, 0.29) is 30.3 Å². The fraction of sp³-hybridized carbons (Fsp3) is 0.609. The summed E-state index contributed by atoms with van der Waals surface area (Å²) >= 11 is 0. The first-order valence-corrected chi connectivity index (χ1v) is 11.2. The van der Waals surface area contributed by atoms with Crippen molar-refractivity contribution >= 4 is 11.6 Å². The summed E-state index contributed by atoms with van der Waals surface area (Å²) < 4.78 is 17.7. The fourth-order valence-electron chi connectivity index (χ4n) is 7.92. The van der Waals surface area contributed by atoms with Gasteiger partial charge in [-0.15, -0.1) is 0 Å². The third-order valence-corrected chi connectivity index (χ3v) is 8.88. The van der Waals surface area contributed by atoms with Crippen molar-refractivity contribution in [1.82, 2.24) is 4.90 Å². The standard InChI is InChI=1S/C23H27N3O5/c1-28-16-8-15-14(7-17(16)30-11-31-24)23-3-4-25-10-12-2-5-29-18-9-20(27)26(15)22(23)21(18)13(12)6-19(23)25/h2,7-8,13,18-19,21-22H,3-6,9-11,24H2,1H3. The zero-order valence-corrected chi connectivity index (χ0v) is 17.6. The highest BCUT2D eigenvalue weighted by atomic mass is 16.7. The lowest BCUT2D eigenvalue weighted by Gasteiger charge is -2.58. The van der Waals surface area contributed by atoms with Crippen molar-refractivity contribution in [3.63, 3.8) is 0 Å². The summed E-state index contributed by atoms with van der Waals surface area (Å²) in [5, 5.41) is 0. The molecule has 164 valence electrons. The molecule has 7 rings (SSSR count). The zero-order chi connectivity index (χ0) is 20.9. The number of carbonyl (C=O) groups excluding carboxylic acids is 1. The Bertz CT molecular complexity index is 1010. The summed E-state index contributed by atoms with van der Waals surface area (Å²) in [5.41, 5.74) is 3.61. The predicted octanol–water partition coefficient (Wildman–Crippen LogP) is 1.33. The van der Waals surface area contributed by atoms with Crippen LogP contribution in [0.1, 0.15) is 24.8 Å². The number of methoxy groups -OCH3 is 1. The molecule has 1 spiro atoms. The highest BCUT2D eigenvalue weighted by Gasteiger charge is 2.71. The lowest BCUT2D eigenvalue weighted by molar-refractivity contribution is -0.132. The van der Waals surface area contributed by atoms with Crippen LogP contribution < -0.4 is 20.3 Å². The number of hydrogen-bond acceptors (Lipinski definition) is 7. The Morgan fingerprint density at radius 1 is 1.32 bits per heavy atom. The highest BCUT2D eigenvalue weighted by Crippen LogP contribution is 2.66. The maximum atomic E-state index is 13.5. The molecule has 6 aliphatic rings. The summed E-state index contributed by atoms with van der Waals surface area (Å²) in [5.74, 6) is 7.40. The van der Waals surface area contributed by atoms with Gasteiger partial charge in [0.05, 0.1) is 38.0 Å². The maximum absolute atomic E-state index is 13.5. The van der Waals surface area contributed by atoms with Crippen molar-refractivity contribution in [2.45, 2.75) is 42.9 Å². The Morgan fingerprint density at radius 2 is 2.23 bits per heavy atom. The Balaban J connectivity index is 1.47. The molecule has 1 saturated carbocycles. The molecule has 31 heavy (non-hydrogen) atoms. The molecule has 1 aromatic carbocycles. The van der Waals surface area contributed by atoms with E-state index in [2.05, 4.69) is 26.8 Å². The number of nitrogens with two attached hydrogens (primary N) is 1. The van der Waals surface area contributed by atoms with Crippen LogP contribution in [0.2, 0.25) is 0 Å². The summed E-state index contributed by atoms with van der Waals surface area (Å²) in [4.78, 5) is 22.9. The molecule has 6 atom stereocenters. The van der Waals surface area contributed by atoms with Crippen molar-refractivity contribution in [2.24, 2.45) is 17.7 Å². The maximum Gasteiger partial charge on any atom is 0.229 e. The second-order valence-electron chi connectivity index (χ2n) is 9.71. The zero-order valence-electron chi connectivity index (χ0n) is 17.6. The van der Waals surface area contributed by atoms with Crippen LogP contribution in [0.25, 0.3) is 0 Å².